The molecule has 0 aromatic heterocycles. The van der Waals surface area contributed by atoms with Gasteiger partial charge in [-0.1, -0.05) is 41.4 Å². The highest BCUT2D eigenvalue weighted by Crippen LogP contribution is 2.46. The number of benzene rings is 2. The number of hydrogen-bond donors (Lipinski definition) is 3. The van der Waals surface area contributed by atoms with Gasteiger partial charge in [-0.05, 0) is 49.1 Å². The van der Waals surface area contributed by atoms with Crippen molar-refractivity contribution < 1.29 is 19.5 Å². The predicted octanol–water partition coefficient (Wildman–Crippen LogP) is 3.45. The molecule has 0 radical (unpaired) electrons. The van der Waals surface area contributed by atoms with Crippen molar-refractivity contribution >= 4 is 40.9 Å². The van der Waals surface area contributed by atoms with Gasteiger partial charge >= 0.3 is 6.09 Å². The van der Waals surface area contributed by atoms with Crippen LogP contribution in [0.1, 0.15) is 30.4 Å². The number of hydrogen-bond acceptors (Lipinski definition) is 7. The number of piperazine rings is 1. The highest BCUT2D eigenvalue weighted by atomic mass is 35.5. The number of β-amino-alcohol motifs (C(OH)–C–C–N with tert-alkyl or cyclic N) is 1. The molecule has 2 aromatic carbocycles. The number of amides is 2. The van der Waals surface area contributed by atoms with E-state index < -0.39 is 17.8 Å². The molecule has 2 amide bonds. The molecule has 2 saturated heterocycles. The van der Waals surface area contributed by atoms with Gasteiger partial charge < -0.3 is 20.6 Å². The fraction of sp³-hybridized carbons (Fsp3) is 0.481. The molecular weight excluding hydrogens is 529 g/mol. The van der Waals surface area contributed by atoms with Gasteiger partial charge in [-0.3, -0.25) is 14.6 Å². The smallest absolute Gasteiger partial charge is 0.395 e. The topological polar surface area (TPSA) is 97.4 Å². The van der Waals surface area contributed by atoms with Crippen LogP contribution in [-0.4, -0.2) is 84.0 Å². The second-order valence-electron chi connectivity index (χ2n) is 10.0. The summed E-state index contributed by atoms with van der Waals surface area (Å²) in [6, 6.07) is 13.0. The summed E-state index contributed by atoms with van der Waals surface area (Å²) in [6.45, 7) is 3.91. The maximum absolute atomic E-state index is 13.9. The Morgan fingerprint density at radius 1 is 1.08 bits per heavy atom. The van der Waals surface area contributed by atoms with E-state index in [4.69, 9.17) is 33.1 Å². The highest BCUT2D eigenvalue weighted by molar-refractivity contribution is 6.31. The average molecular weight is 562 g/mol. The van der Waals surface area contributed by atoms with Crippen molar-refractivity contribution in [2.24, 2.45) is 0 Å². The van der Waals surface area contributed by atoms with Crippen molar-refractivity contribution in [3.8, 4) is 0 Å². The number of carbonyl (C=O) groups is 2. The lowest BCUT2D eigenvalue weighted by molar-refractivity contribution is -0.136. The maximum Gasteiger partial charge on any atom is 0.427 e. The molecule has 3 N–H and O–H groups in total. The van der Waals surface area contributed by atoms with Gasteiger partial charge in [0.05, 0.1) is 12.8 Å². The second-order valence-corrected chi connectivity index (χ2v) is 10.9. The maximum atomic E-state index is 13.9. The van der Waals surface area contributed by atoms with E-state index in [2.05, 4.69) is 20.4 Å². The Hall–Kier alpha value is -2.40. The van der Waals surface area contributed by atoms with Crippen molar-refractivity contribution in [1.29, 1.82) is 0 Å². The zero-order valence-corrected chi connectivity index (χ0v) is 22.7. The normalized spacial score (nSPS) is 24.6. The molecule has 3 heterocycles. The molecule has 0 bridgehead atoms. The molecule has 2 atom stereocenters. The number of aliphatic hydroxyl groups excluding tert-OH is 1. The minimum absolute atomic E-state index is 0.110. The Bertz CT molecular complexity index is 1180. The summed E-state index contributed by atoms with van der Waals surface area (Å²) in [5.41, 5.74) is 1.37. The number of halogens is 2. The minimum Gasteiger partial charge on any atom is -0.395 e. The van der Waals surface area contributed by atoms with Gasteiger partial charge in [-0.15, -0.1) is 5.06 Å². The largest absolute Gasteiger partial charge is 0.427 e. The molecule has 38 heavy (non-hydrogen) atoms. The highest BCUT2D eigenvalue weighted by Gasteiger charge is 2.54. The van der Waals surface area contributed by atoms with E-state index in [0.717, 1.165) is 24.0 Å². The van der Waals surface area contributed by atoms with E-state index in [-0.39, 0.29) is 12.5 Å². The molecule has 11 heteroatoms. The van der Waals surface area contributed by atoms with Crippen molar-refractivity contribution in [2.75, 3.05) is 51.2 Å². The van der Waals surface area contributed by atoms with Crippen LogP contribution in [0.2, 0.25) is 10.0 Å². The van der Waals surface area contributed by atoms with Crippen molar-refractivity contribution in [3.63, 3.8) is 0 Å². The van der Waals surface area contributed by atoms with E-state index >= 15 is 0 Å². The summed E-state index contributed by atoms with van der Waals surface area (Å²) in [6.07, 6.45) is 1.95. The van der Waals surface area contributed by atoms with Gasteiger partial charge in [0.1, 0.15) is 5.54 Å². The Balaban J connectivity index is 1.40. The predicted molar refractivity (Wildman–Crippen MR) is 146 cm³/mol. The second kappa shape index (κ2) is 11.8. The van der Waals surface area contributed by atoms with Crippen LogP contribution < -0.4 is 10.6 Å². The Labute approximate surface area is 232 Å². The van der Waals surface area contributed by atoms with E-state index in [1.54, 1.807) is 17.2 Å². The first-order valence-electron chi connectivity index (χ1n) is 13.1. The van der Waals surface area contributed by atoms with Crippen molar-refractivity contribution in [3.05, 3.63) is 63.6 Å². The fourth-order valence-electron chi connectivity index (χ4n) is 5.84. The Kier molecular flexibility index (Phi) is 8.42. The first-order chi connectivity index (χ1) is 18.4. The number of hydroxylamine groups is 2. The Morgan fingerprint density at radius 3 is 2.63 bits per heavy atom. The number of anilines is 1. The molecular formula is C27H33Cl2N5O4. The summed E-state index contributed by atoms with van der Waals surface area (Å²) in [5.74, 6) is -0.156. The van der Waals surface area contributed by atoms with E-state index in [0.29, 0.717) is 67.8 Å². The van der Waals surface area contributed by atoms with Gasteiger partial charge in [-0.25, -0.2) is 4.79 Å². The number of nitrogens with one attached hydrogen (secondary N) is 2. The zero-order chi connectivity index (χ0) is 26.7. The summed E-state index contributed by atoms with van der Waals surface area (Å²) < 4.78 is 0. The van der Waals surface area contributed by atoms with Gasteiger partial charge in [0, 0.05) is 67.0 Å². The molecule has 0 aliphatic carbocycles. The van der Waals surface area contributed by atoms with Crippen LogP contribution in [0, 0.1) is 0 Å². The van der Waals surface area contributed by atoms with Crippen LogP contribution >= 0.6 is 23.2 Å². The number of piperidine rings is 1. The molecule has 2 aromatic rings. The van der Waals surface area contributed by atoms with Crippen molar-refractivity contribution in [2.45, 2.75) is 37.4 Å². The lowest BCUT2D eigenvalue weighted by atomic mass is 9.81. The molecule has 2 fully saturated rings. The molecule has 1 unspecified atom stereocenters. The third-order valence-electron chi connectivity index (χ3n) is 7.64. The van der Waals surface area contributed by atoms with E-state index in [1.165, 1.54) is 0 Å². The summed E-state index contributed by atoms with van der Waals surface area (Å²) in [7, 11) is 0. The summed E-state index contributed by atoms with van der Waals surface area (Å²) >= 11 is 12.6. The van der Waals surface area contributed by atoms with Gasteiger partial charge in [0.15, 0.2) is 0 Å². The molecule has 9 nitrogen and oxygen atoms in total. The molecule has 5 rings (SSSR count). The lowest BCUT2D eigenvalue weighted by Gasteiger charge is -2.47. The molecule has 204 valence electrons. The van der Waals surface area contributed by atoms with Crippen LogP contribution in [0.15, 0.2) is 42.5 Å². The third-order valence-corrected chi connectivity index (χ3v) is 8.11. The van der Waals surface area contributed by atoms with Crippen LogP contribution in [0.5, 0.6) is 0 Å². The van der Waals surface area contributed by atoms with Crippen LogP contribution in [0.3, 0.4) is 0 Å². The molecule has 3 aliphatic heterocycles. The fourth-order valence-corrected chi connectivity index (χ4v) is 6.22. The summed E-state index contributed by atoms with van der Waals surface area (Å²) in [4.78, 5) is 36.8. The number of nitrogens with zero attached hydrogens (tertiary/aromatic N) is 3. The SMILES string of the molecule is O=C(NC1CCCCN1[C@]1(Cc2cccc(Cl)c2)C(=O)Nc2cc(Cl)ccc21)ON1CCN(CCO)CC1. The molecule has 0 spiro atoms. The average Bonchev–Trinajstić information content (AvgIpc) is 3.16. The van der Waals surface area contributed by atoms with Crippen molar-refractivity contribution in [1.82, 2.24) is 20.2 Å². The first kappa shape index (κ1) is 27.2. The van der Waals surface area contributed by atoms with E-state index in [9.17, 15) is 9.59 Å². The summed E-state index contributed by atoms with van der Waals surface area (Å²) in [5, 5.41) is 18.0. The first-order valence-corrected chi connectivity index (χ1v) is 13.8. The standard InChI is InChI=1S/C27H33Cl2N5O4/c28-20-5-3-4-19(16-20)18-27(22-8-7-21(29)17-23(22)30-25(27)36)34-9-2-1-6-24(34)31-26(37)38-33-12-10-32(11-13-33)14-15-35/h3-5,7-8,16-17,24,35H,1-2,6,9-15,18H2,(H,30,36)(H,31,37)/t24?,27-/m0/s1. The van der Waals surface area contributed by atoms with Gasteiger partial charge in [0.25, 0.3) is 0 Å². The van der Waals surface area contributed by atoms with Crippen LogP contribution in [-0.2, 0) is 21.6 Å². The monoisotopic (exact) mass is 561 g/mol. The number of rotatable bonds is 7. The van der Waals surface area contributed by atoms with Crippen LogP contribution in [0.4, 0.5) is 10.5 Å². The van der Waals surface area contributed by atoms with Gasteiger partial charge in [0.2, 0.25) is 5.91 Å². The number of fused-ring (bicyclic) bond motifs is 1. The number of likely N-dealkylation sites (tertiary alicyclic amines) is 1. The van der Waals surface area contributed by atoms with Crippen LogP contribution in [0.25, 0.3) is 0 Å². The molecule has 0 saturated carbocycles. The molecule has 3 aliphatic rings. The number of carbonyl (C=O) groups excluding carboxylic acids is 2. The minimum atomic E-state index is -1.06. The number of aliphatic hydroxyl groups is 1. The van der Waals surface area contributed by atoms with Gasteiger partial charge in [-0.2, -0.15) is 0 Å². The quantitative estimate of drug-likeness (QED) is 0.476. The lowest BCUT2D eigenvalue weighted by Crippen LogP contribution is -2.63. The third kappa shape index (κ3) is 5.64. The zero-order valence-electron chi connectivity index (χ0n) is 21.2. The van der Waals surface area contributed by atoms with E-state index in [1.807, 2.05) is 30.3 Å². The Morgan fingerprint density at radius 2 is 1.87 bits per heavy atom.